The molecule has 0 fully saturated rings. The van der Waals surface area contributed by atoms with Crippen LogP contribution in [0.15, 0.2) is 42.5 Å². The minimum atomic E-state index is -3.28. The topological polar surface area (TPSA) is 99.5 Å². The van der Waals surface area contributed by atoms with Gasteiger partial charge < -0.3 is 14.8 Å². The average molecular weight is 462 g/mol. The Morgan fingerprint density at radius 1 is 1.10 bits per heavy atom. The van der Waals surface area contributed by atoms with Crippen molar-refractivity contribution in [3.05, 3.63) is 64.3 Å². The molecule has 3 aromatic rings. The van der Waals surface area contributed by atoms with Gasteiger partial charge in [0.15, 0.2) is 21.3 Å². The van der Waals surface area contributed by atoms with E-state index in [9.17, 15) is 13.2 Å². The molecule has 0 unspecified atom stereocenters. The number of rotatable bonds is 6. The van der Waals surface area contributed by atoms with Crippen LogP contribution in [0.25, 0.3) is 5.69 Å². The van der Waals surface area contributed by atoms with Crippen LogP contribution in [0.2, 0.25) is 5.02 Å². The number of halogens is 1. The Kier molecular flexibility index (Phi) is 5.63. The summed E-state index contributed by atoms with van der Waals surface area (Å²) in [6.07, 6.45) is 0.0632. The molecule has 2 aromatic carbocycles. The number of sulfone groups is 1. The minimum absolute atomic E-state index is 0.0632. The van der Waals surface area contributed by atoms with Crippen LogP contribution in [0.1, 0.15) is 16.8 Å². The molecule has 1 amide bonds. The lowest BCUT2D eigenvalue weighted by Crippen LogP contribution is -2.18. The third kappa shape index (κ3) is 4.38. The highest BCUT2D eigenvalue weighted by Crippen LogP contribution is 2.33. The van der Waals surface area contributed by atoms with Crippen LogP contribution < -0.4 is 14.8 Å². The lowest BCUT2D eigenvalue weighted by Gasteiger charge is -2.12. The lowest BCUT2D eigenvalue weighted by molar-refractivity contribution is -0.115. The predicted molar refractivity (Wildman–Crippen MR) is 117 cm³/mol. The van der Waals surface area contributed by atoms with Crippen LogP contribution in [0.5, 0.6) is 11.5 Å². The van der Waals surface area contributed by atoms with Crippen LogP contribution >= 0.6 is 11.6 Å². The van der Waals surface area contributed by atoms with Gasteiger partial charge in [-0.25, -0.2) is 13.1 Å². The zero-order valence-electron chi connectivity index (χ0n) is 16.9. The van der Waals surface area contributed by atoms with E-state index >= 15 is 0 Å². The number of carbonyl (C=O) groups excluding carboxylic acids is 1. The first-order valence-corrected chi connectivity index (χ1v) is 11.6. The van der Waals surface area contributed by atoms with Crippen molar-refractivity contribution in [2.45, 2.75) is 17.9 Å². The maximum absolute atomic E-state index is 12.8. The number of ether oxygens (including phenoxy) is 2. The largest absolute Gasteiger partial charge is 0.493 e. The normalized spacial score (nSPS) is 14.2. The highest BCUT2D eigenvalue weighted by atomic mass is 35.5. The van der Waals surface area contributed by atoms with E-state index in [1.165, 1.54) is 14.2 Å². The second-order valence-corrected chi connectivity index (χ2v) is 9.61. The van der Waals surface area contributed by atoms with Crippen LogP contribution in [-0.2, 0) is 32.6 Å². The molecule has 0 radical (unpaired) electrons. The number of carbonyl (C=O) groups is 1. The zero-order valence-corrected chi connectivity index (χ0v) is 18.5. The molecule has 0 saturated heterocycles. The molecule has 0 spiro atoms. The Morgan fingerprint density at radius 3 is 2.48 bits per heavy atom. The molecule has 1 aliphatic rings. The van der Waals surface area contributed by atoms with Crippen molar-refractivity contribution in [3.8, 4) is 17.2 Å². The second-order valence-electron chi connectivity index (χ2n) is 7.11. The molecular formula is C21H20ClN3O5S. The van der Waals surface area contributed by atoms with Gasteiger partial charge in [-0.15, -0.1) is 0 Å². The van der Waals surface area contributed by atoms with Gasteiger partial charge in [0.25, 0.3) is 0 Å². The lowest BCUT2D eigenvalue weighted by atomic mass is 10.1. The fourth-order valence-corrected chi connectivity index (χ4v) is 5.11. The molecule has 162 valence electrons. The monoisotopic (exact) mass is 461 g/mol. The van der Waals surface area contributed by atoms with Crippen molar-refractivity contribution in [2.24, 2.45) is 0 Å². The van der Waals surface area contributed by atoms with Crippen molar-refractivity contribution in [1.82, 2.24) is 9.78 Å². The Balaban J connectivity index is 1.64. The third-order valence-corrected chi connectivity index (χ3v) is 6.62. The number of anilines is 1. The fourth-order valence-electron chi connectivity index (χ4n) is 3.49. The van der Waals surface area contributed by atoms with E-state index in [0.29, 0.717) is 39.3 Å². The molecule has 0 bridgehead atoms. The van der Waals surface area contributed by atoms with Gasteiger partial charge in [0.2, 0.25) is 5.91 Å². The molecule has 10 heteroatoms. The van der Waals surface area contributed by atoms with Crippen molar-refractivity contribution < 1.29 is 22.7 Å². The molecular weight excluding hydrogens is 442 g/mol. The van der Waals surface area contributed by atoms with E-state index in [0.717, 1.165) is 5.56 Å². The standard InChI is InChI=1S/C21H20ClN3O5S/c1-29-18-8-3-13(9-19(18)30-2)10-20(26)23-21-16-11-31(27,28)12-17(16)24-25(21)15-6-4-14(22)5-7-15/h3-9H,10-12H2,1-2H3,(H,23,26). The highest BCUT2D eigenvalue weighted by molar-refractivity contribution is 7.90. The van der Waals surface area contributed by atoms with Crippen LogP contribution in [0, 0.1) is 0 Å². The maximum Gasteiger partial charge on any atom is 0.229 e. The Labute approximate surface area is 184 Å². The summed E-state index contributed by atoms with van der Waals surface area (Å²) >= 11 is 5.97. The van der Waals surface area contributed by atoms with Crippen molar-refractivity contribution in [2.75, 3.05) is 19.5 Å². The Bertz CT molecular complexity index is 1250. The van der Waals surface area contributed by atoms with Gasteiger partial charge in [0.05, 0.1) is 43.5 Å². The number of hydrogen-bond acceptors (Lipinski definition) is 6. The van der Waals surface area contributed by atoms with Crippen LogP contribution in [0.4, 0.5) is 5.82 Å². The number of hydrogen-bond donors (Lipinski definition) is 1. The number of nitrogens with zero attached hydrogens (tertiary/aromatic N) is 2. The summed E-state index contributed by atoms with van der Waals surface area (Å²) in [5.41, 5.74) is 2.33. The predicted octanol–water partition coefficient (Wildman–Crippen LogP) is 3.15. The maximum atomic E-state index is 12.8. The summed E-state index contributed by atoms with van der Waals surface area (Å²) in [6, 6.07) is 12.1. The van der Waals surface area contributed by atoms with E-state index in [1.807, 2.05) is 0 Å². The zero-order chi connectivity index (χ0) is 22.2. The van der Waals surface area contributed by atoms with E-state index in [1.54, 1.807) is 47.1 Å². The quantitative estimate of drug-likeness (QED) is 0.605. The number of aromatic nitrogens is 2. The molecule has 0 atom stereocenters. The summed E-state index contributed by atoms with van der Waals surface area (Å²) in [5.74, 6) is 0.809. The smallest absolute Gasteiger partial charge is 0.229 e. The van der Waals surface area contributed by atoms with Gasteiger partial charge in [0, 0.05) is 10.6 Å². The third-order valence-electron chi connectivity index (χ3n) is 4.93. The first kappa shape index (κ1) is 21.2. The van der Waals surface area contributed by atoms with Gasteiger partial charge in [0.1, 0.15) is 5.82 Å². The molecule has 8 nitrogen and oxygen atoms in total. The summed E-state index contributed by atoms with van der Waals surface area (Å²) in [7, 11) is -0.218. The number of benzene rings is 2. The molecule has 1 aliphatic heterocycles. The summed E-state index contributed by atoms with van der Waals surface area (Å²) in [6.45, 7) is 0. The van der Waals surface area contributed by atoms with Gasteiger partial charge in [-0.2, -0.15) is 5.10 Å². The Hall–Kier alpha value is -3.04. The fraction of sp³-hybridized carbons (Fsp3) is 0.238. The van der Waals surface area contributed by atoms with Crippen molar-refractivity contribution in [1.29, 1.82) is 0 Å². The Morgan fingerprint density at radius 2 is 1.81 bits per heavy atom. The molecule has 1 N–H and O–H groups in total. The first-order chi connectivity index (χ1) is 14.8. The molecule has 0 saturated carbocycles. The summed E-state index contributed by atoms with van der Waals surface area (Å²) < 4.78 is 36.2. The number of amides is 1. The van der Waals surface area contributed by atoms with E-state index in [4.69, 9.17) is 21.1 Å². The van der Waals surface area contributed by atoms with Crippen LogP contribution in [-0.4, -0.2) is 38.3 Å². The van der Waals surface area contributed by atoms with Gasteiger partial charge in [-0.1, -0.05) is 17.7 Å². The minimum Gasteiger partial charge on any atom is -0.493 e. The molecule has 31 heavy (non-hydrogen) atoms. The summed E-state index contributed by atoms with van der Waals surface area (Å²) in [4.78, 5) is 12.8. The number of fused-ring (bicyclic) bond motifs is 1. The van der Waals surface area contributed by atoms with Crippen molar-refractivity contribution in [3.63, 3.8) is 0 Å². The highest BCUT2D eigenvalue weighted by Gasteiger charge is 2.33. The van der Waals surface area contributed by atoms with Gasteiger partial charge >= 0.3 is 0 Å². The molecule has 2 heterocycles. The first-order valence-electron chi connectivity index (χ1n) is 9.37. The molecule has 1 aromatic heterocycles. The van der Waals surface area contributed by atoms with E-state index in [-0.39, 0.29) is 23.8 Å². The van der Waals surface area contributed by atoms with Crippen molar-refractivity contribution >= 4 is 33.2 Å². The molecule has 0 aliphatic carbocycles. The van der Waals surface area contributed by atoms with Crippen LogP contribution in [0.3, 0.4) is 0 Å². The second kappa shape index (κ2) is 8.24. The van der Waals surface area contributed by atoms with E-state index < -0.39 is 9.84 Å². The number of nitrogens with one attached hydrogen (secondary N) is 1. The van der Waals surface area contributed by atoms with Gasteiger partial charge in [-0.3, -0.25) is 4.79 Å². The average Bonchev–Trinajstić information content (AvgIpc) is 3.20. The SMILES string of the molecule is COc1ccc(CC(=O)Nc2c3c(nn2-c2ccc(Cl)cc2)CS(=O)(=O)C3)cc1OC. The molecule has 4 rings (SSSR count). The van der Waals surface area contributed by atoms with E-state index in [2.05, 4.69) is 10.4 Å². The number of methoxy groups -OCH3 is 2. The summed E-state index contributed by atoms with van der Waals surface area (Å²) in [5, 5.41) is 7.85. The van der Waals surface area contributed by atoms with Gasteiger partial charge in [-0.05, 0) is 42.0 Å².